The van der Waals surface area contributed by atoms with Gasteiger partial charge in [-0.15, -0.1) is 0 Å². The van der Waals surface area contributed by atoms with Gasteiger partial charge in [-0.1, -0.05) is 6.07 Å². The molecule has 0 saturated carbocycles. The number of fused-ring (bicyclic) bond motifs is 1. The standard InChI is InChI=1S/C26H25F2N5O2S/c1-34-26-23(32-36-24-5-3-20(27)13-21(24)28)12-18(14-30-26)16-2-4-22-17(10-16)11-19(25(29)31-22)15-33-6-8-35-9-7-33/h2-5,10-14,32H,6-9,15H2,1H3,(H2,29,31). The van der Waals surface area contributed by atoms with Gasteiger partial charge in [0.25, 0.3) is 0 Å². The molecular weight excluding hydrogens is 484 g/mol. The number of halogens is 2. The summed E-state index contributed by atoms with van der Waals surface area (Å²) in [4.78, 5) is 11.6. The van der Waals surface area contributed by atoms with Crippen LogP contribution in [0.15, 0.2) is 59.6 Å². The SMILES string of the molecule is COc1ncc(-c2ccc3nc(N)c(CN4CCOCC4)cc3c2)cc1NSc1ccc(F)cc1F. The number of aromatic nitrogens is 2. The number of hydrogen-bond donors (Lipinski definition) is 2. The maximum absolute atomic E-state index is 14.1. The summed E-state index contributed by atoms with van der Waals surface area (Å²) in [6, 6.07) is 13.3. The van der Waals surface area contributed by atoms with Gasteiger partial charge in [0.1, 0.15) is 23.1 Å². The minimum atomic E-state index is -0.648. The quantitative estimate of drug-likeness (QED) is 0.332. The average molecular weight is 510 g/mol. The number of ether oxygens (including phenoxy) is 2. The summed E-state index contributed by atoms with van der Waals surface area (Å²) >= 11 is 1.02. The Morgan fingerprint density at radius 1 is 1.08 bits per heavy atom. The van der Waals surface area contributed by atoms with E-state index in [9.17, 15) is 8.78 Å². The fraction of sp³-hybridized carbons (Fsp3) is 0.231. The van der Waals surface area contributed by atoms with Crippen LogP contribution >= 0.6 is 11.9 Å². The molecule has 1 fully saturated rings. The number of nitrogens with zero attached hydrogens (tertiary/aromatic N) is 3. The monoisotopic (exact) mass is 509 g/mol. The zero-order valence-electron chi connectivity index (χ0n) is 19.6. The lowest BCUT2D eigenvalue weighted by molar-refractivity contribution is 0.0342. The van der Waals surface area contributed by atoms with Crippen molar-refractivity contribution in [2.75, 3.05) is 43.9 Å². The van der Waals surface area contributed by atoms with Crippen LogP contribution in [0.25, 0.3) is 22.0 Å². The third-order valence-corrected chi connectivity index (χ3v) is 6.84. The van der Waals surface area contributed by atoms with E-state index in [0.717, 1.165) is 78.5 Å². The van der Waals surface area contributed by atoms with Crippen LogP contribution in [-0.4, -0.2) is 48.3 Å². The van der Waals surface area contributed by atoms with Crippen LogP contribution in [0.4, 0.5) is 20.3 Å². The molecule has 1 saturated heterocycles. The predicted octanol–water partition coefficient (Wildman–Crippen LogP) is 5.12. The van der Waals surface area contributed by atoms with E-state index in [2.05, 4.69) is 25.7 Å². The molecule has 7 nitrogen and oxygen atoms in total. The van der Waals surface area contributed by atoms with Gasteiger partial charge in [0.15, 0.2) is 0 Å². The highest BCUT2D eigenvalue weighted by Crippen LogP contribution is 2.34. The average Bonchev–Trinajstić information content (AvgIpc) is 2.89. The molecule has 0 unspecified atom stereocenters. The number of methoxy groups -OCH3 is 1. The minimum absolute atomic E-state index is 0.256. The Labute approximate surface area is 211 Å². The van der Waals surface area contributed by atoms with Crippen LogP contribution in [-0.2, 0) is 11.3 Å². The zero-order chi connectivity index (χ0) is 25.1. The Bertz CT molecular complexity index is 1400. The van der Waals surface area contributed by atoms with E-state index >= 15 is 0 Å². The van der Waals surface area contributed by atoms with Gasteiger partial charge in [-0.3, -0.25) is 4.90 Å². The van der Waals surface area contributed by atoms with E-state index in [4.69, 9.17) is 15.2 Å². The number of morpholine rings is 1. The molecule has 10 heteroatoms. The molecule has 5 rings (SSSR count). The summed E-state index contributed by atoms with van der Waals surface area (Å²) in [5.74, 6) is -0.385. The summed E-state index contributed by atoms with van der Waals surface area (Å²) in [6.07, 6.45) is 1.72. The number of nitrogens with one attached hydrogen (secondary N) is 1. The summed E-state index contributed by atoms with van der Waals surface area (Å²) in [5.41, 5.74) is 10.4. The van der Waals surface area contributed by atoms with Crippen LogP contribution in [0.1, 0.15) is 5.56 Å². The molecule has 3 N–H and O–H groups in total. The second-order valence-electron chi connectivity index (χ2n) is 8.39. The Morgan fingerprint density at radius 3 is 2.69 bits per heavy atom. The Kier molecular flexibility index (Phi) is 7.17. The molecule has 0 atom stereocenters. The van der Waals surface area contributed by atoms with Gasteiger partial charge in [-0.25, -0.2) is 18.7 Å². The first kappa shape index (κ1) is 24.2. The van der Waals surface area contributed by atoms with Gasteiger partial charge in [0.2, 0.25) is 5.88 Å². The lowest BCUT2D eigenvalue weighted by atomic mass is 10.0. The molecule has 3 heterocycles. The van der Waals surface area contributed by atoms with E-state index < -0.39 is 11.6 Å². The molecule has 0 bridgehead atoms. The molecule has 36 heavy (non-hydrogen) atoms. The maximum atomic E-state index is 14.1. The van der Waals surface area contributed by atoms with E-state index in [1.54, 1.807) is 6.20 Å². The van der Waals surface area contributed by atoms with Crippen molar-refractivity contribution >= 4 is 34.4 Å². The van der Waals surface area contributed by atoms with Crippen LogP contribution < -0.4 is 15.2 Å². The molecule has 0 amide bonds. The van der Waals surface area contributed by atoms with Crippen molar-refractivity contribution in [2.24, 2.45) is 0 Å². The highest BCUT2D eigenvalue weighted by molar-refractivity contribution is 8.00. The molecule has 2 aromatic heterocycles. The van der Waals surface area contributed by atoms with Crippen molar-refractivity contribution in [3.63, 3.8) is 0 Å². The van der Waals surface area contributed by atoms with Gasteiger partial charge in [0.05, 0.1) is 30.7 Å². The molecule has 0 radical (unpaired) electrons. The van der Waals surface area contributed by atoms with E-state index in [1.807, 2.05) is 24.3 Å². The van der Waals surface area contributed by atoms with Crippen LogP contribution in [0.5, 0.6) is 5.88 Å². The fourth-order valence-corrected chi connectivity index (χ4v) is 4.71. The van der Waals surface area contributed by atoms with Crippen LogP contribution in [0.3, 0.4) is 0 Å². The largest absolute Gasteiger partial charge is 0.480 e. The van der Waals surface area contributed by atoms with Gasteiger partial charge < -0.3 is 19.9 Å². The number of nitrogen functional groups attached to an aromatic ring is 1. The lowest BCUT2D eigenvalue weighted by Crippen LogP contribution is -2.35. The molecule has 1 aliphatic rings. The molecule has 0 spiro atoms. The summed E-state index contributed by atoms with van der Waals surface area (Å²) in [6.45, 7) is 3.89. The van der Waals surface area contributed by atoms with Gasteiger partial charge in [-0.05, 0) is 53.9 Å². The number of rotatable bonds is 7. The Balaban J connectivity index is 1.42. The van der Waals surface area contributed by atoms with Gasteiger partial charge in [0, 0.05) is 48.4 Å². The molecule has 1 aliphatic heterocycles. The molecule has 186 valence electrons. The first-order chi connectivity index (χ1) is 17.5. The highest BCUT2D eigenvalue weighted by atomic mass is 32.2. The molecule has 0 aliphatic carbocycles. The fourth-order valence-electron chi connectivity index (χ4n) is 4.06. The zero-order valence-corrected chi connectivity index (χ0v) is 20.4. The lowest BCUT2D eigenvalue weighted by Gasteiger charge is -2.27. The van der Waals surface area contributed by atoms with Gasteiger partial charge >= 0.3 is 0 Å². The van der Waals surface area contributed by atoms with Crippen molar-refractivity contribution in [2.45, 2.75) is 11.4 Å². The van der Waals surface area contributed by atoms with Crippen LogP contribution in [0.2, 0.25) is 0 Å². The van der Waals surface area contributed by atoms with Crippen LogP contribution in [0, 0.1) is 11.6 Å². The number of pyridine rings is 2. The van der Waals surface area contributed by atoms with Gasteiger partial charge in [-0.2, -0.15) is 0 Å². The van der Waals surface area contributed by atoms with Crippen molar-refractivity contribution in [1.82, 2.24) is 14.9 Å². The summed E-state index contributed by atoms with van der Waals surface area (Å²) in [5, 5.41) is 0.970. The van der Waals surface area contributed by atoms with E-state index in [-0.39, 0.29) is 4.90 Å². The third-order valence-electron chi connectivity index (χ3n) is 5.97. The number of anilines is 2. The van der Waals surface area contributed by atoms with E-state index in [0.29, 0.717) is 17.4 Å². The number of benzene rings is 2. The minimum Gasteiger partial charge on any atom is -0.480 e. The van der Waals surface area contributed by atoms with E-state index in [1.165, 1.54) is 19.2 Å². The maximum Gasteiger partial charge on any atom is 0.237 e. The first-order valence-electron chi connectivity index (χ1n) is 11.4. The molecule has 4 aromatic rings. The van der Waals surface area contributed by atoms with Crippen molar-refractivity contribution < 1.29 is 18.3 Å². The highest BCUT2D eigenvalue weighted by Gasteiger charge is 2.15. The predicted molar refractivity (Wildman–Crippen MR) is 138 cm³/mol. The van der Waals surface area contributed by atoms with Crippen molar-refractivity contribution in [3.8, 4) is 17.0 Å². The summed E-state index contributed by atoms with van der Waals surface area (Å²) in [7, 11) is 1.51. The smallest absolute Gasteiger partial charge is 0.237 e. The second kappa shape index (κ2) is 10.7. The normalized spacial score (nSPS) is 14.2. The number of hydrogen-bond acceptors (Lipinski definition) is 8. The van der Waals surface area contributed by atoms with Crippen molar-refractivity contribution in [3.05, 3.63) is 71.9 Å². The Morgan fingerprint density at radius 2 is 1.92 bits per heavy atom. The first-order valence-corrected chi connectivity index (χ1v) is 12.2. The summed E-state index contributed by atoms with van der Waals surface area (Å²) < 4.78 is 41.2. The topological polar surface area (TPSA) is 85.5 Å². The second-order valence-corrected chi connectivity index (χ2v) is 9.24. The Hall–Kier alpha value is -3.47. The molecular formula is C26H25F2N5O2S. The third kappa shape index (κ3) is 5.35. The number of nitrogens with two attached hydrogens (primary N) is 1. The molecule has 2 aromatic carbocycles. The van der Waals surface area contributed by atoms with Crippen molar-refractivity contribution in [1.29, 1.82) is 0 Å².